The maximum atomic E-state index is 12.0. The molecule has 0 amide bonds. The van der Waals surface area contributed by atoms with Crippen molar-refractivity contribution < 1.29 is 9.53 Å². The summed E-state index contributed by atoms with van der Waals surface area (Å²) in [6.45, 7) is 5.96. The zero-order valence-electron chi connectivity index (χ0n) is 12.1. The molecule has 4 nitrogen and oxygen atoms in total. The van der Waals surface area contributed by atoms with Gasteiger partial charge in [0.05, 0.1) is 12.3 Å². The Balaban J connectivity index is 2.13. The Morgan fingerprint density at radius 1 is 1.58 bits per heavy atom. The predicted molar refractivity (Wildman–Crippen MR) is 77.8 cm³/mol. The SMILES string of the molecule is CCOC(=O)C(C)(C)c1csc(N(C)C2CCC2)n1. The predicted octanol–water partition coefficient (Wildman–Crippen LogP) is 2.97. The van der Waals surface area contributed by atoms with Gasteiger partial charge in [0.25, 0.3) is 0 Å². The van der Waals surface area contributed by atoms with E-state index in [4.69, 9.17) is 4.74 Å². The molecule has 1 aliphatic rings. The van der Waals surface area contributed by atoms with Gasteiger partial charge in [-0.25, -0.2) is 4.98 Å². The number of ether oxygens (including phenoxy) is 1. The number of carbonyl (C=O) groups excluding carboxylic acids is 1. The van der Waals surface area contributed by atoms with Gasteiger partial charge in [-0.2, -0.15) is 0 Å². The molecule has 0 saturated heterocycles. The number of esters is 1. The van der Waals surface area contributed by atoms with E-state index in [1.807, 2.05) is 26.2 Å². The minimum Gasteiger partial charge on any atom is -0.465 e. The molecular formula is C14H22N2O2S. The lowest BCUT2D eigenvalue weighted by Crippen LogP contribution is -2.37. The molecule has 0 N–H and O–H groups in total. The molecule has 0 spiro atoms. The zero-order chi connectivity index (χ0) is 14.0. The molecule has 0 bridgehead atoms. The summed E-state index contributed by atoms with van der Waals surface area (Å²) >= 11 is 1.60. The van der Waals surface area contributed by atoms with Gasteiger partial charge in [-0.15, -0.1) is 11.3 Å². The molecule has 1 aromatic heterocycles. The molecule has 0 aliphatic heterocycles. The topological polar surface area (TPSA) is 42.4 Å². The standard InChI is InChI=1S/C14H22N2O2S/c1-5-18-12(17)14(2,3)11-9-19-13(15-11)16(4)10-7-6-8-10/h9-10H,5-8H2,1-4H3. The molecule has 1 heterocycles. The van der Waals surface area contributed by atoms with Gasteiger partial charge in [0, 0.05) is 18.5 Å². The van der Waals surface area contributed by atoms with E-state index in [2.05, 4.69) is 16.9 Å². The normalized spacial score (nSPS) is 16.0. The van der Waals surface area contributed by atoms with Crippen LogP contribution < -0.4 is 4.90 Å². The van der Waals surface area contributed by atoms with E-state index in [1.165, 1.54) is 19.3 Å². The van der Waals surface area contributed by atoms with E-state index in [0.29, 0.717) is 12.6 Å². The summed E-state index contributed by atoms with van der Waals surface area (Å²) in [7, 11) is 2.09. The van der Waals surface area contributed by atoms with Crippen molar-refractivity contribution >= 4 is 22.4 Å². The van der Waals surface area contributed by atoms with Gasteiger partial charge in [-0.3, -0.25) is 4.79 Å². The van der Waals surface area contributed by atoms with Crippen molar-refractivity contribution in [2.45, 2.75) is 51.5 Å². The van der Waals surface area contributed by atoms with Crippen LogP contribution in [0.4, 0.5) is 5.13 Å². The number of nitrogens with zero attached hydrogens (tertiary/aromatic N) is 2. The first kappa shape index (κ1) is 14.3. The maximum absolute atomic E-state index is 12.0. The van der Waals surface area contributed by atoms with Crippen LogP contribution in [0.1, 0.15) is 45.7 Å². The highest BCUT2D eigenvalue weighted by Crippen LogP contribution is 2.33. The third kappa shape index (κ3) is 2.76. The van der Waals surface area contributed by atoms with Gasteiger partial charge >= 0.3 is 5.97 Å². The Labute approximate surface area is 118 Å². The first-order valence-corrected chi connectivity index (χ1v) is 7.70. The Morgan fingerprint density at radius 3 is 2.79 bits per heavy atom. The molecule has 0 radical (unpaired) electrons. The third-order valence-corrected chi connectivity index (χ3v) is 4.77. The van der Waals surface area contributed by atoms with Crippen molar-refractivity contribution in [3.8, 4) is 0 Å². The first-order valence-electron chi connectivity index (χ1n) is 6.83. The maximum Gasteiger partial charge on any atom is 0.317 e. The number of aromatic nitrogens is 1. The highest BCUT2D eigenvalue weighted by molar-refractivity contribution is 7.13. The lowest BCUT2D eigenvalue weighted by atomic mass is 9.90. The zero-order valence-corrected chi connectivity index (χ0v) is 12.9. The van der Waals surface area contributed by atoms with E-state index >= 15 is 0 Å². The molecule has 1 aromatic rings. The monoisotopic (exact) mass is 282 g/mol. The average Bonchev–Trinajstić information content (AvgIpc) is 2.76. The van der Waals surface area contributed by atoms with Crippen molar-refractivity contribution in [2.24, 2.45) is 0 Å². The van der Waals surface area contributed by atoms with Crippen LogP contribution in [0.3, 0.4) is 0 Å². The summed E-state index contributed by atoms with van der Waals surface area (Å²) in [6.07, 6.45) is 3.79. The second-order valence-electron chi connectivity index (χ2n) is 5.56. The van der Waals surface area contributed by atoms with Crippen LogP contribution >= 0.6 is 11.3 Å². The fraction of sp³-hybridized carbons (Fsp3) is 0.714. The van der Waals surface area contributed by atoms with Crippen molar-refractivity contribution in [1.29, 1.82) is 0 Å². The minimum absolute atomic E-state index is 0.210. The van der Waals surface area contributed by atoms with Crippen molar-refractivity contribution in [3.05, 3.63) is 11.1 Å². The molecule has 0 aromatic carbocycles. The number of rotatable bonds is 5. The van der Waals surface area contributed by atoms with Crippen LogP contribution in [-0.4, -0.2) is 30.6 Å². The van der Waals surface area contributed by atoms with Crippen LogP contribution in [0.5, 0.6) is 0 Å². The Bertz CT molecular complexity index is 452. The summed E-state index contributed by atoms with van der Waals surface area (Å²) < 4.78 is 5.12. The van der Waals surface area contributed by atoms with Gasteiger partial charge in [-0.1, -0.05) is 0 Å². The molecule has 19 heavy (non-hydrogen) atoms. The van der Waals surface area contributed by atoms with Gasteiger partial charge < -0.3 is 9.64 Å². The number of carbonyl (C=O) groups is 1. The van der Waals surface area contributed by atoms with E-state index in [1.54, 1.807) is 11.3 Å². The minimum atomic E-state index is -0.675. The quantitative estimate of drug-likeness (QED) is 0.779. The summed E-state index contributed by atoms with van der Waals surface area (Å²) in [4.78, 5) is 18.8. The fourth-order valence-electron chi connectivity index (χ4n) is 2.06. The molecule has 1 aliphatic carbocycles. The van der Waals surface area contributed by atoms with Crippen molar-refractivity contribution in [3.63, 3.8) is 0 Å². The molecule has 5 heteroatoms. The van der Waals surface area contributed by atoms with E-state index in [-0.39, 0.29) is 5.97 Å². The lowest BCUT2D eigenvalue weighted by molar-refractivity contribution is -0.148. The molecule has 1 saturated carbocycles. The van der Waals surface area contributed by atoms with Gasteiger partial charge in [-0.05, 0) is 40.0 Å². The highest BCUT2D eigenvalue weighted by Gasteiger charge is 2.34. The smallest absolute Gasteiger partial charge is 0.317 e. The largest absolute Gasteiger partial charge is 0.465 e. The van der Waals surface area contributed by atoms with Crippen LogP contribution in [0.15, 0.2) is 5.38 Å². The molecule has 1 fully saturated rings. The fourth-order valence-corrected chi connectivity index (χ4v) is 3.09. The Hall–Kier alpha value is -1.10. The summed E-state index contributed by atoms with van der Waals surface area (Å²) in [5.74, 6) is -0.210. The second-order valence-corrected chi connectivity index (χ2v) is 6.39. The molecular weight excluding hydrogens is 260 g/mol. The summed E-state index contributed by atoms with van der Waals surface area (Å²) in [6, 6.07) is 0.615. The molecule has 2 rings (SSSR count). The number of thiazole rings is 1. The van der Waals surface area contributed by atoms with E-state index < -0.39 is 5.41 Å². The first-order chi connectivity index (χ1) is 8.96. The van der Waals surface area contributed by atoms with Crippen molar-refractivity contribution in [2.75, 3.05) is 18.6 Å². The second kappa shape index (κ2) is 5.49. The number of anilines is 1. The van der Waals surface area contributed by atoms with Crippen LogP contribution in [0.25, 0.3) is 0 Å². The third-order valence-electron chi connectivity index (χ3n) is 3.84. The number of hydrogen-bond donors (Lipinski definition) is 0. The molecule has 106 valence electrons. The highest BCUT2D eigenvalue weighted by atomic mass is 32.1. The van der Waals surface area contributed by atoms with Gasteiger partial charge in [0.1, 0.15) is 5.41 Å². The van der Waals surface area contributed by atoms with Crippen LogP contribution in [0.2, 0.25) is 0 Å². The molecule has 0 atom stereocenters. The summed E-state index contributed by atoms with van der Waals surface area (Å²) in [5.41, 5.74) is 0.128. The lowest BCUT2D eigenvalue weighted by Gasteiger charge is -2.34. The van der Waals surface area contributed by atoms with Crippen LogP contribution in [-0.2, 0) is 14.9 Å². The van der Waals surface area contributed by atoms with Crippen LogP contribution in [0, 0.1) is 0 Å². The number of hydrogen-bond acceptors (Lipinski definition) is 5. The molecule has 0 unspecified atom stereocenters. The Morgan fingerprint density at radius 2 is 2.26 bits per heavy atom. The summed E-state index contributed by atoms with van der Waals surface area (Å²) in [5, 5.41) is 2.97. The van der Waals surface area contributed by atoms with Gasteiger partial charge in [0.2, 0.25) is 0 Å². The Kier molecular flexibility index (Phi) is 4.13. The van der Waals surface area contributed by atoms with Gasteiger partial charge in [0.15, 0.2) is 5.13 Å². The van der Waals surface area contributed by atoms with Crippen molar-refractivity contribution in [1.82, 2.24) is 4.98 Å². The average molecular weight is 282 g/mol. The van der Waals surface area contributed by atoms with E-state index in [0.717, 1.165) is 10.8 Å². The van der Waals surface area contributed by atoms with E-state index in [9.17, 15) is 4.79 Å².